The maximum Gasteiger partial charge on any atom is -0.0273 e. The monoisotopic (exact) mass is 342 g/mol. The summed E-state index contributed by atoms with van der Waals surface area (Å²) in [5.74, 6) is 0. The molecule has 0 aromatic heterocycles. The average molecular weight is 342 g/mol. The van der Waals surface area contributed by atoms with E-state index in [1.807, 2.05) is 0 Å². The molecule has 0 fully saturated rings. The van der Waals surface area contributed by atoms with Crippen LogP contribution in [0.25, 0.3) is 0 Å². The molecule has 120 valence electrons. The highest BCUT2D eigenvalue weighted by Crippen LogP contribution is 2.20. The molecule has 3 heteroatoms. The van der Waals surface area contributed by atoms with Gasteiger partial charge in [-0.3, -0.25) is 0 Å². The third-order valence-corrected chi connectivity index (χ3v) is 4.78. The van der Waals surface area contributed by atoms with Gasteiger partial charge in [0.25, 0.3) is 0 Å². The Hall–Kier alpha value is 0.510. The summed E-state index contributed by atoms with van der Waals surface area (Å²) in [5, 5.41) is 0. The van der Waals surface area contributed by atoms with Gasteiger partial charge in [0.05, 0.1) is 0 Å². The smallest absolute Gasteiger partial charge is 0.0273 e. The SMILES string of the molecule is CC(P)CCc1cc(CCC(C)P)cc(CCC(C)P)c1. The molecule has 21 heavy (non-hydrogen) atoms. The van der Waals surface area contributed by atoms with Crippen molar-refractivity contribution >= 4 is 27.7 Å². The summed E-state index contributed by atoms with van der Waals surface area (Å²) in [6.07, 6.45) is 7.39. The Balaban J connectivity index is 2.79. The van der Waals surface area contributed by atoms with E-state index >= 15 is 0 Å². The molecule has 0 nitrogen and oxygen atoms in total. The predicted molar refractivity (Wildman–Crippen MR) is 109 cm³/mol. The van der Waals surface area contributed by atoms with Crippen LogP contribution in [0.5, 0.6) is 0 Å². The zero-order valence-corrected chi connectivity index (χ0v) is 17.4. The Morgan fingerprint density at radius 2 is 0.857 bits per heavy atom. The lowest BCUT2D eigenvalue weighted by Gasteiger charge is -2.13. The van der Waals surface area contributed by atoms with Crippen molar-refractivity contribution in [2.24, 2.45) is 0 Å². The van der Waals surface area contributed by atoms with E-state index in [0.717, 1.165) is 0 Å². The summed E-state index contributed by atoms with van der Waals surface area (Å²) >= 11 is 0. The first-order chi connectivity index (χ1) is 9.86. The number of hydrogen-bond donors (Lipinski definition) is 0. The van der Waals surface area contributed by atoms with Crippen LogP contribution in [0.2, 0.25) is 0 Å². The molecule has 0 bridgehead atoms. The van der Waals surface area contributed by atoms with Crippen LogP contribution in [0.4, 0.5) is 0 Å². The molecule has 1 rings (SSSR count). The molecule has 1 aromatic carbocycles. The van der Waals surface area contributed by atoms with Crippen molar-refractivity contribution in [3.8, 4) is 0 Å². The van der Waals surface area contributed by atoms with Gasteiger partial charge >= 0.3 is 0 Å². The van der Waals surface area contributed by atoms with Gasteiger partial charge in [0, 0.05) is 0 Å². The molecule has 0 aliphatic rings. The van der Waals surface area contributed by atoms with Gasteiger partial charge in [-0.2, -0.15) is 0 Å². The molecule has 0 heterocycles. The van der Waals surface area contributed by atoms with Crippen LogP contribution in [-0.4, -0.2) is 17.0 Å². The quantitative estimate of drug-likeness (QED) is 0.536. The van der Waals surface area contributed by atoms with E-state index < -0.39 is 0 Å². The third-order valence-electron chi connectivity index (χ3n) is 3.78. The number of rotatable bonds is 9. The van der Waals surface area contributed by atoms with Crippen LogP contribution in [0.1, 0.15) is 56.7 Å². The van der Waals surface area contributed by atoms with E-state index in [2.05, 4.69) is 66.7 Å². The third kappa shape index (κ3) is 9.29. The van der Waals surface area contributed by atoms with Gasteiger partial charge in [-0.25, -0.2) is 0 Å². The van der Waals surface area contributed by atoms with Crippen molar-refractivity contribution in [2.75, 3.05) is 0 Å². The molecule has 0 saturated heterocycles. The number of benzene rings is 1. The van der Waals surface area contributed by atoms with Gasteiger partial charge < -0.3 is 0 Å². The molecule has 0 N–H and O–H groups in total. The Morgan fingerprint density at radius 1 is 0.619 bits per heavy atom. The summed E-state index contributed by atoms with van der Waals surface area (Å²) in [6, 6.07) is 7.31. The van der Waals surface area contributed by atoms with Crippen LogP contribution in [0.15, 0.2) is 18.2 Å². The van der Waals surface area contributed by atoms with E-state index in [4.69, 9.17) is 0 Å². The number of aryl methyl sites for hydroxylation is 3. The average Bonchev–Trinajstić information content (AvgIpc) is 2.40. The molecule has 0 aliphatic carbocycles. The summed E-state index contributed by atoms with van der Waals surface area (Å²) < 4.78 is 0. The van der Waals surface area contributed by atoms with E-state index in [1.54, 1.807) is 0 Å². The molecular weight excluding hydrogens is 309 g/mol. The van der Waals surface area contributed by atoms with Crippen molar-refractivity contribution in [3.05, 3.63) is 34.9 Å². The van der Waals surface area contributed by atoms with Crippen molar-refractivity contribution in [1.29, 1.82) is 0 Å². The van der Waals surface area contributed by atoms with Gasteiger partial charge in [0.1, 0.15) is 0 Å². The largest absolute Gasteiger partial charge is 0.135 e. The van der Waals surface area contributed by atoms with E-state index in [0.29, 0.717) is 17.0 Å². The highest BCUT2D eigenvalue weighted by atomic mass is 31.0. The van der Waals surface area contributed by atoms with Crippen molar-refractivity contribution in [1.82, 2.24) is 0 Å². The Morgan fingerprint density at radius 3 is 1.05 bits per heavy atom. The van der Waals surface area contributed by atoms with Crippen LogP contribution in [0.3, 0.4) is 0 Å². The molecular formula is C18H33P3. The molecule has 0 aliphatic heterocycles. The number of hydrogen-bond acceptors (Lipinski definition) is 0. The van der Waals surface area contributed by atoms with E-state index in [-0.39, 0.29) is 0 Å². The molecule has 1 aromatic rings. The van der Waals surface area contributed by atoms with Crippen molar-refractivity contribution < 1.29 is 0 Å². The predicted octanol–water partition coefficient (Wildman–Crippen LogP) is 5.28. The van der Waals surface area contributed by atoms with Crippen LogP contribution < -0.4 is 0 Å². The Kier molecular flexibility index (Phi) is 9.61. The zero-order valence-electron chi connectivity index (χ0n) is 13.9. The van der Waals surface area contributed by atoms with Gasteiger partial charge in [0.2, 0.25) is 0 Å². The minimum absolute atomic E-state index is 0.705. The summed E-state index contributed by atoms with van der Waals surface area (Å²) in [4.78, 5) is 0. The minimum Gasteiger partial charge on any atom is -0.135 e. The fourth-order valence-corrected chi connectivity index (χ4v) is 2.96. The second-order valence-electron chi connectivity index (χ2n) is 6.71. The summed E-state index contributed by atoms with van der Waals surface area (Å²) in [5.41, 5.74) is 6.71. The first-order valence-corrected chi connectivity index (χ1v) is 10.2. The van der Waals surface area contributed by atoms with Crippen molar-refractivity contribution in [3.63, 3.8) is 0 Å². The lowest BCUT2D eigenvalue weighted by Crippen LogP contribution is -2.01. The maximum atomic E-state index is 2.91. The second-order valence-corrected chi connectivity index (χ2v) is 10.1. The standard InChI is InChI=1S/C18H33P3/c1-13(19)4-7-16-10-17(8-5-14(2)20)12-18(11-16)9-6-15(3)21/h10-15H,4-9,19-21H2,1-3H3. The molecule has 6 unspecified atom stereocenters. The second kappa shape index (κ2) is 10.3. The fourth-order valence-electron chi connectivity index (χ4n) is 2.46. The maximum absolute atomic E-state index is 2.91. The Bertz CT molecular complexity index is 337. The van der Waals surface area contributed by atoms with Crippen LogP contribution in [0, 0.1) is 0 Å². The molecule has 0 saturated carbocycles. The molecule has 0 spiro atoms. The zero-order chi connectivity index (χ0) is 15.8. The molecule has 0 amide bonds. The fraction of sp³-hybridized carbons (Fsp3) is 0.667. The molecule has 6 atom stereocenters. The summed E-state index contributed by atoms with van der Waals surface area (Å²) in [7, 11) is 8.74. The Labute approximate surface area is 139 Å². The highest BCUT2D eigenvalue weighted by Gasteiger charge is 2.05. The van der Waals surface area contributed by atoms with Gasteiger partial charge in [0.15, 0.2) is 0 Å². The highest BCUT2D eigenvalue weighted by molar-refractivity contribution is 7.17. The lowest BCUT2D eigenvalue weighted by atomic mass is 9.96. The summed E-state index contributed by atoms with van der Waals surface area (Å²) in [6.45, 7) is 6.84. The van der Waals surface area contributed by atoms with Gasteiger partial charge in [-0.1, -0.05) is 39.0 Å². The first-order valence-electron chi connectivity index (χ1n) is 8.25. The first kappa shape index (κ1) is 19.6. The normalized spacial score (nSPS) is 15.7. The topological polar surface area (TPSA) is 0 Å². The van der Waals surface area contributed by atoms with Crippen LogP contribution >= 0.6 is 27.7 Å². The van der Waals surface area contributed by atoms with Crippen LogP contribution in [-0.2, 0) is 19.3 Å². The minimum atomic E-state index is 0.705. The van der Waals surface area contributed by atoms with Gasteiger partial charge in [-0.05, 0) is 72.2 Å². The van der Waals surface area contributed by atoms with E-state index in [9.17, 15) is 0 Å². The van der Waals surface area contributed by atoms with Crippen molar-refractivity contribution in [2.45, 2.75) is 76.3 Å². The van der Waals surface area contributed by atoms with E-state index in [1.165, 1.54) is 55.2 Å². The van der Waals surface area contributed by atoms with Gasteiger partial charge in [-0.15, -0.1) is 27.7 Å². The lowest BCUT2D eigenvalue weighted by molar-refractivity contribution is 0.781. The molecule has 0 radical (unpaired) electrons.